The van der Waals surface area contributed by atoms with Crippen molar-refractivity contribution in [2.45, 2.75) is 56.5 Å². The molecule has 17 heteroatoms. The number of nitrogens with two attached hydrogens (primary N) is 1. The summed E-state index contributed by atoms with van der Waals surface area (Å²) in [6.07, 6.45) is -4.22. The van der Waals surface area contributed by atoms with E-state index in [1.165, 1.54) is 25.4 Å². The molecule has 0 bridgehead atoms. The fourth-order valence-electron chi connectivity index (χ4n) is 3.89. The summed E-state index contributed by atoms with van der Waals surface area (Å²) in [5, 5.41) is 13.2. The van der Waals surface area contributed by atoms with Crippen LogP contribution in [0.25, 0.3) is 11.2 Å². The van der Waals surface area contributed by atoms with Crippen LogP contribution in [0.4, 0.5) is 16.2 Å². The van der Waals surface area contributed by atoms with E-state index in [2.05, 4.69) is 25.4 Å². The minimum atomic E-state index is -4.32. The molecule has 1 aromatic carbocycles. The van der Waals surface area contributed by atoms with E-state index >= 15 is 4.39 Å². The van der Waals surface area contributed by atoms with Crippen molar-refractivity contribution in [1.29, 1.82) is 0 Å². The predicted molar refractivity (Wildman–Crippen MR) is 143 cm³/mol. The Morgan fingerprint density at radius 2 is 2.02 bits per heavy atom. The van der Waals surface area contributed by atoms with Crippen LogP contribution in [-0.4, -0.2) is 73.7 Å². The molecule has 5 N–H and O–H groups in total. The highest BCUT2D eigenvalue weighted by molar-refractivity contribution is 7.52. The highest BCUT2D eigenvalue weighted by Gasteiger charge is 2.58. The number of aromatic nitrogens is 4. The Morgan fingerprint density at radius 3 is 2.67 bits per heavy atom. The summed E-state index contributed by atoms with van der Waals surface area (Å²) < 4.78 is 52.6. The second-order valence-electron chi connectivity index (χ2n) is 9.18. The van der Waals surface area contributed by atoms with Gasteiger partial charge in [-0.25, -0.2) is 13.9 Å². The van der Waals surface area contributed by atoms with Crippen molar-refractivity contribution in [2.75, 3.05) is 24.7 Å². The van der Waals surface area contributed by atoms with Gasteiger partial charge >= 0.3 is 13.7 Å². The largest absolute Gasteiger partial charge is 0.462 e. The van der Waals surface area contributed by atoms with E-state index in [1.807, 2.05) is 0 Å². The maximum atomic E-state index is 15.7. The Hall–Kier alpha value is -3.07. The van der Waals surface area contributed by atoms with Gasteiger partial charge in [0.2, 0.25) is 5.95 Å². The molecule has 14 nitrogen and oxygen atoms in total. The average molecular weight is 602 g/mol. The molecule has 1 aliphatic heterocycles. The third-order valence-electron chi connectivity index (χ3n) is 5.74. The molecule has 0 amide bonds. The van der Waals surface area contributed by atoms with E-state index in [9.17, 15) is 14.5 Å². The lowest BCUT2D eigenvalue weighted by atomic mass is 10.1. The van der Waals surface area contributed by atoms with Crippen LogP contribution in [0.1, 0.15) is 27.0 Å². The fourth-order valence-corrected chi connectivity index (χ4v) is 5.69. The highest BCUT2D eigenvalue weighted by Crippen LogP contribution is 2.49. The van der Waals surface area contributed by atoms with Crippen molar-refractivity contribution in [3.8, 4) is 5.75 Å². The molecule has 40 heavy (non-hydrogen) atoms. The standard InChI is InChI=1S/C23H30ClFN7O7P/c1-12(2)37-20(34)13(3)31-40(35,39-14-8-6-5-7-9-14)36-10-15-17(33)23(24,25)21(38-15)32-11-28-16-18(27-4)29-22(26)30-19(16)32/h5-9,11-13,15,17,21,33H,10H2,1-4H3,(H,31,35)(H3,26,27,29,30)/t13-,15-,17-,21-,23-,40?/m1/s1. The lowest BCUT2D eigenvalue weighted by molar-refractivity contribution is -0.149. The van der Waals surface area contributed by atoms with Gasteiger partial charge in [-0.3, -0.25) is 13.9 Å². The molecule has 3 heterocycles. The van der Waals surface area contributed by atoms with Crippen LogP contribution in [-0.2, 0) is 23.4 Å². The van der Waals surface area contributed by atoms with Crippen LogP contribution in [0.5, 0.6) is 5.75 Å². The normalized spacial score (nSPS) is 25.1. The van der Waals surface area contributed by atoms with Crippen LogP contribution < -0.4 is 20.7 Å². The Morgan fingerprint density at radius 1 is 1.32 bits per heavy atom. The molecular formula is C23H30ClFN7O7P. The summed E-state index contributed by atoms with van der Waals surface area (Å²) in [6, 6.07) is 6.93. The van der Waals surface area contributed by atoms with Crippen LogP contribution in [0, 0.1) is 0 Å². The molecule has 1 aliphatic rings. The molecule has 0 saturated carbocycles. The van der Waals surface area contributed by atoms with Crippen molar-refractivity contribution in [1.82, 2.24) is 24.6 Å². The summed E-state index contributed by atoms with van der Waals surface area (Å²) in [6.45, 7) is 4.09. The van der Waals surface area contributed by atoms with E-state index in [0.29, 0.717) is 0 Å². The van der Waals surface area contributed by atoms with Gasteiger partial charge in [0.05, 0.1) is 19.0 Å². The number of fused-ring (bicyclic) bond motifs is 1. The summed E-state index contributed by atoms with van der Waals surface area (Å²) in [5.74, 6) is -0.376. The van der Waals surface area contributed by atoms with Gasteiger partial charge in [-0.2, -0.15) is 15.1 Å². The van der Waals surface area contributed by atoms with Gasteiger partial charge in [0, 0.05) is 7.05 Å². The van der Waals surface area contributed by atoms with Gasteiger partial charge in [-0.1, -0.05) is 29.8 Å². The van der Waals surface area contributed by atoms with Gasteiger partial charge in [0.15, 0.2) is 23.2 Å². The van der Waals surface area contributed by atoms with Crippen molar-refractivity contribution < 1.29 is 37.4 Å². The van der Waals surface area contributed by atoms with Crippen LogP contribution in [0.3, 0.4) is 0 Å². The number of rotatable bonds is 11. The van der Waals surface area contributed by atoms with Crippen molar-refractivity contribution >= 4 is 48.2 Å². The highest BCUT2D eigenvalue weighted by atomic mass is 35.5. The number of carbonyl (C=O) groups is 1. The smallest absolute Gasteiger partial charge is 0.459 e. The number of carbonyl (C=O) groups excluding carboxylic acids is 1. The number of halogens is 2. The zero-order valence-corrected chi connectivity index (χ0v) is 23.7. The number of aliphatic hydroxyl groups is 1. The maximum absolute atomic E-state index is 15.7. The number of imidazole rings is 1. The second kappa shape index (κ2) is 11.8. The monoisotopic (exact) mass is 601 g/mol. The zero-order valence-electron chi connectivity index (χ0n) is 22.0. The first-order chi connectivity index (χ1) is 18.8. The van der Waals surface area contributed by atoms with Crippen molar-refractivity contribution in [3.05, 3.63) is 36.7 Å². The first-order valence-corrected chi connectivity index (χ1v) is 14.1. The Labute approximate surface area is 233 Å². The van der Waals surface area contributed by atoms with Gasteiger partial charge in [0.1, 0.15) is 24.0 Å². The number of esters is 1. The number of alkyl halides is 2. The maximum Gasteiger partial charge on any atom is 0.459 e. The van der Waals surface area contributed by atoms with E-state index < -0.39 is 56.0 Å². The molecule has 1 fully saturated rings. The number of ether oxygens (including phenoxy) is 2. The molecule has 2 aromatic heterocycles. The molecule has 3 aromatic rings. The third-order valence-corrected chi connectivity index (χ3v) is 7.80. The Bertz CT molecular complexity index is 1400. The van der Waals surface area contributed by atoms with E-state index in [0.717, 1.165) is 4.57 Å². The number of nitrogens with one attached hydrogen (secondary N) is 2. The van der Waals surface area contributed by atoms with Gasteiger partial charge in [0.25, 0.3) is 5.13 Å². The average Bonchev–Trinajstić information content (AvgIpc) is 3.40. The summed E-state index contributed by atoms with van der Waals surface area (Å²) in [4.78, 5) is 24.7. The van der Waals surface area contributed by atoms with E-state index in [4.69, 9.17) is 35.9 Å². The lowest BCUT2D eigenvalue weighted by Crippen LogP contribution is -2.40. The SMILES string of the molecule is CNc1nc(N)nc2c1ncn2[C@@H]1O[C@H](COP(=O)(N[C@H](C)C(=O)OC(C)C)Oc2ccccc2)[C@@H](O)[C@]1(F)Cl. The van der Waals surface area contributed by atoms with Crippen molar-refractivity contribution in [2.24, 2.45) is 0 Å². The number of nitrogens with zero attached hydrogens (tertiary/aromatic N) is 4. The molecule has 4 rings (SSSR count). The number of nitrogen functional groups attached to an aromatic ring is 1. The van der Waals surface area contributed by atoms with E-state index in [1.54, 1.807) is 39.1 Å². The molecule has 1 saturated heterocycles. The van der Waals surface area contributed by atoms with Gasteiger partial charge < -0.3 is 30.2 Å². The molecule has 218 valence electrons. The number of para-hydroxylation sites is 1. The minimum absolute atomic E-state index is 0.0931. The molecule has 0 spiro atoms. The van der Waals surface area contributed by atoms with Gasteiger partial charge in [-0.05, 0) is 32.9 Å². The minimum Gasteiger partial charge on any atom is -0.462 e. The number of hydrogen-bond acceptors (Lipinski definition) is 12. The second-order valence-corrected chi connectivity index (χ2v) is 11.5. The lowest BCUT2D eigenvalue weighted by Gasteiger charge is -2.25. The number of hydrogen-bond donors (Lipinski definition) is 4. The van der Waals surface area contributed by atoms with Gasteiger partial charge in [-0.15, -0.1) is 0 Å². The Kier molecular flexibility index (Phi) is 8.83. The first-order valence-electron chi connectivity index (χ1n) is 12.2. The third kappa shape index (κ3) is 6.29. The van der Waals surface area contributed by atoms with E-state index in [-0.39, 0.29) is 28.7 Å². The topological polar surface area (TPSA) is 185 Å². The predicted octanol–water partition coefficient (Wildman–Crippen LogP) is 2.75. The van der Waals surface area contributed by atoms with Crippen LogP contribution in [0.15, 0.2) is 36.7 Å². The fraction of sp³-hybridized carbons (Fsp3) is 0.478. The number of benzene rings is 1. The number of aliphatic hydroxyl groups excluding tert-OH is 1. The van der Waals surface area contributed by atoms with Crippen LogP contribution >= 0.6 is 19.3 Å². The first kappa shape index (κ1) is 29.9. The molecular weight excluding hydrogens is 572 g/mol. The summed E-state index contributed by atoms with van der Waals surface area (Å²) >= 11 is 6.12. The molecule has 0 radical (unpaired) electrons. The molecule has 0 aliphatic carbocycles. The quantitative estimate of drug-likeness (QED) is 0.143. The molecule has 1 unspecified atom stereocenters. The molecule has 6 atom stereocenters. The number of anilines is 2. The summed E-state index contributed by atoms with van der Waals surface area (Å²) in [7, 11) is -2.73. The Balaban J connectivity index is 1.56. The summed E-state index contributed by atoms with van der Waals surface area (Å²) in [5.41, 5.74) is 6.12. The van der Waals surface area contributed by atoms with Crippen molar-refractivity contribution in [3.63, 3.8) is 0 Å². The zero-order chi connectivity index (χ0) is 29.2. The van der Waals surface area contributed by atoms with Crippen LogP contribution in [0.2, 0.25) is 0 Å².